The van der Waals surface area contributed by atoms with E-state index in [0.717, 1.165) is 11.4 Å². The lowest BCUT2D eigenvalue weighted by Crippen LogP contribution is -2.37. The lowest BCUT2D eigenvalue weighted by atomic mass is 10.2. The minimum atomic E-state index is -0.813. The SMILES string of the molecule is CN(Cc1nccn1Cc1ccccc1)C(=O)C[C@@H]1NC(=O)NC1=O. The molecule has 2 aromatic rings. The molecular weight excluding hydrogens is 322 g/mol. The molecular formula is C17H19N5O3. The van der Waals surface area contributed by atoms with Crippen molar-refractivity contribution in [2.24, 2.45) is 0 Å². The first-order valence-electron chi connectivity index (χ1n) is 7.92. The maximum absolute atomic E-state index is 12.3. The Kier molecular flexibility index (Phi) is 4.78. The monoisotopic (exact) mass is 341 g/mol. The average molecular weight is 341 g/mol. The second-order valence-corrected chi connectivity index (χ2v) is 5.93. The van der Waals surface area contributed by atoms with Crippen molar-refractivity contribution in [3.8, 4) is 0 Å². The van der Waals surface area contributed by atoms with Crippen LogP contribution in [0.15, 0.2) is 42.7 Å². The van der Waals surface area contributed by atoms with Crippen LogP contribution in [0.2, 0.25) is 0 Å². The summed E-state index contributed by atoms with van der Waals surface area (Å²) in [6.45, 7) is 0.986. The van der Waals surface area contributed by atoms with Gasteiger partial charge in [-0.15, -0.1) is 0 Å². The van der Waals surface area contributed by atoms with E-state index in [-0.39, 0.29) is 12.3 Å². The van der Waals surface area contributed by atoms with Crippen LogP contribution >= 0.6 is 0 Å². The molecule has 1 saturated heterocycles. The van der Waals surface area contributed by atoms with E-state index in [9.17, 15) is 14.4 Å². The summed E-state index contributed by atoms with van der Waals surface area (Å²) < 4.78 is 1.98. The summed E-state index contributed by atoms with van der Waals surface area (Å²) >= 11 is 0. The van der Waals surface area contributed by atoms with Crippen molar-refractivity contribution in [3.63, 3.8) is 0 Å². The number of rotatable bonds is 6. The highest BCUT2D eigenvalue weighted by Crippen LogP contribution is 2.09. The first-order valence-corrected chi connectivity index (χ1v) is 7.92. The van der Waals surface area contributed by atoms with E-state index in [0.29, 0.717) is 13.1 Å². The second kappa shape index (κ2) is 7.16. The Morgan fingerprint density at radius 2 is 2.04 bits per heavy atom. The van der Waals surface area contributed by atoms with Crippen LogP contribution in [0, 0.1) is 0 Å². The fraction of sp³-hybridized carbons (Fsp3) is 0.294. The molecule has 2 heterocycles. The van der Waals surface area contributed by atoms with Gasteiger partial charge < -0.3 is 14.8 Å². The van der Waals surface area contributed by atoms with Crippen molar-refractivity contribution in [2.45, 2.75) is 25.6 Å². The fourth-order valence-electron chi connectivity index (χ4n) is 2.65. The molecule has 1 fully saturated rings. The molecule has 3 rings (SSSR count). The van der Waals surface area contributed by atoms with Crippen LogP contribution in [0.4, 0.5) is 4.79 Å². The zero-order valence-corrected chi connectivity index (χ0v) is 13.8. The second-order valence-electron chi connectivity index (χ2n) is 5.93. The third-order valence-corrected chi connectivity index (χ3v) is 4.04. The van der Waals surface area contributed by atoms with Crippen molar-refractivity contribution in [1.29, 1.82) is 0 Å². The maximum atomic E-state index is 12.3. The Hall–Kier alpha value is -3.16. The third-order valence-electron chi connectivity index (χ3n) is 4.04. The van der Waals surface area contributed by atoms with E-state index in [2.05, 4.69) is 15.6 Å². The molecule has 1 atom stereocenters. The molecule has 1 aromatic heterocycles. The van der Waals surface area contributed by atoms with Crippen molar-refractivity contribution >= 4 is 17.8 Å². The van der Waals surface area contributed by atoms with Gasteiger partial charge in [-0.3, -0.25) is 14.9 Å². The van der Waals surface area contributed by atoms with Gasteiger partial charge in [-0.05, 0) is 5.56 Å². The van der Waals surface area contributed by atoms with Gasteiger partial charge in [-0.25, -0.2) is 9.78 Å². The normalized spacial score (nSPS) is 16.4. The molecule has 130 valence electrons. The van der Waals surface area contributed by atoms with Gasteiger partial charge in [0.25, 0.3) is 5.91 Å². The first-order chi connectivity index (χ1) is 12.0. The van der Waals surface area contributed by atoms with Crippen molar-refractivity contribution in [3.05, 3.63) is 54.1 Å². The molecule has 4 amide bonds. The van der Waals surface area contributed by atoms with Crippen molar-refractivity contribution in [2.75, 3.05) is 7.05 Å². The Labute approximate surface area is 144 Å². The highest BCUT2D eigenvalue weighted by Gasteiger charge is 2.32. The fourth-order valence-corrected chi connectivity index (χ4v) is 2.65. The molecule has 0 unspecified atom stereocenters. The Morgan fingerprint density at radius 1 is 1.28 bits per heavy atom. The van der Waals surface area contributed by atoms with Gasteiger partial charge in [-0.1, -0.05) is 30.3 Å². The molecule has 8 heteroatoms. The maximum Gasteiger partial charge on any atom is 0.322 e. The Morgan fingerprint density at radius 3 is 2.72 bits per heavy atom. The van der Waals surface area contributed by atoms with E-state index in [4.69, 9.17) is 0 Å². The molecule has 8 nitrogen and oxygen atoms in total. The third kappa shape index (κ3) is 4.03. The number of hydrogen-bond acceptors (Lipinski definition) is 4. The lowest BCUT2D eigenvalue weighted by Gasteiger charge is -2.19. The number of amides is 4. The molecule has 0 saturated carbocycles. The molecule has 1 aliphatic heterocycles. The number of aromatic nitrogens is 2. The van der Waals surface area contributed by atoms with Gasteiger partial charge in [0.1, 0.15) is 11.9 Å². The summed E-state index contributed by atoms with van der Waals surface area (Å²) in [5.74, 6) is 0.0357. The van der Waals surface area contributed by atoms with E-state index >= 15 is 0 Å². The molecule has 1 aromatic carbocycles. The number of imide groups is 1. The summed E-state index contributed by atoms with van der Waals surface area (Å²) in [5.41, 5.74) is 1.14. The highest BCUT2D eigenvalue weighted by atomic mass is 16.2. The van der Waals surface area contributed by atoms with Crippen LogP contribution in [-0.2, 0) is 22.7 Å². The number of nitrogens with zero attached hydrogens (tertiary/aromatic N) is 3. The summed E-state index contributed by atoms with van der Waals surface area (Å²) in [7, 11) is 1.65. The molecule has 0 bridgehead atoms. The predicted molar refractivity (Wildman–Crippen MR) is 89.3 cm³/mol. The Bertz CT molecular complexity index is 787. The number of urea groups is 1. The summed E-state index contributed by atoms with van der Waals surface area (Å²) in [6, 6.07) is 8.59. The zero-order chi connectivity index (χ0) is 17.8. The van der Waals surface area contributed by atoms with Crippen molar-refractivity contribution in [1.82, 2.24) is 25.1 Å². The number of carbonyl (C=O) groups is 3. The number of imidazole rings is 1. The summed E-state index contributed by atoms with van der Waals surface area (Å²) in [6.07, 6.45) is 3.49. The van der Waals surface area contributed by atoms with Crippen LogP contribution in [-0.4, -0.2) is 45.4 Å². The van der Waals surface area contributed by atoms with Gasteiger partial charge in [-0.2, -0.15) is 0 Å². The highest BCUT2D eigenvalue weighted by molar-refractivity contribution is 6.05. The Balaban J connectivity index is 1.60. The molecule has 0 spiro atoms. The average Bonchev–Trinajstić information content (AvgIpc) is 3.14. The van der Waals surface area contributed by atoms with Gasteiger partial charge in [0.15, 0.2) is 0 Å². The molecule has 0 radical (unpaired) electrons. The summed E-state index contributed by atoms with van der Waals surface area (Å²) in [5, 5.41) is 4.54. The predicted octanol–water partition coefficient (Wildman–Crippen LogP) is 0.488. The summed E-state index contributed by atoms with van der Waals surface area (Å²) in [4.78, 5) is 40.8. The van der Waals surface area contributed by atoms with E-state index in [1.54, 1.807) is 13.2 Å². The first kappa shape index (κ1) is 16.7. The minimum absolute atomic E-state index is 0.0759. The molecule has 0 aliphatic carbocycles. The van der Waals surface area contributed by atoms with Crippen molar-refractivity contribution < 1.29 is 14.4 Å². The standard InChI is InChI=1S/C17H19N5O3/c1-21(15(23)9-13-16(24)20-17(25)19-13)11-14-18-7-8-22(14)10-12-5-3-2-4-6-12/h2-8,13H,9-11H2,1H3,(H2,19,20,24,25)/t13-/m0/s1. The van der Waals surface area contributed by atoms with Crippen LogP contribution in [0.1, 0.15) is 17.8 Å². The molecule has 25 heavy (non-hydrogen) atoms. The van der Waals surface area contributed by atoms with E-state index < -0.39 is 18.0 Å². The van der Waals surface area contributed by atoms with Crippen LogP contribution < -0.4 is 10.6 Å². The quantitative estimate of drug-likeness (QED) is 0.747. The zero-order valence-electron chi connectivity index (χ0n) is 13.8. The van der Waals surface area contributed by atoms with E-state index in [1.165, 1.54) is 4.90 Å². The molecule has 2 N–H and O–H groups in total. The number of nitrogens with one attached hydrogen (secondary N) is 2. The molecule has 1 aliphatic rings. The number of carbonyl (C=O) groups excluding carboxylic acids is 3. The smallest absolute Gasteiger partial charge is 0.322 e. The van der Waals surface area contributed by atoms with E-state index in [1.807, 2.05) is 41.1 Å². The van der Waals surface area contributed by atoms with Gasteiger partial charge >= 0.3 is 6.03 Å². The topological polar surface area (TPSA) is 96.3 Å². The largest absolute Gasteiger partial charge is 0.338 e. The minimum Gasteiger partial charge on any atom is -0.338 e. The van der Waals surface area contributed by atoms with Crippen LogP contribution in [0.25, 0.3) is 0 Å². The number of benzene rings is 1. The van der Waals surface area contributed by atoms with Gasteiger partial charge in [0, 0.05) is 26.0 Å². The lowest BCUT2D eigenvalue weighted by molar-refractivity contribution is -0.133. The van der Waals surface area contributed by atoms with Gasteiger partial charge in [0.05, 0.1) is 13.0 Å². The van der Waals surface area contributed by atoms with Crippen LogP contribution in [0.5, 0.6) is 0 Å². The van der Waals surface area contributed by atoms with Gasteiger partial charge in [0.2, 0.25) is 5.91 Å². The number of hydrogen-bond donors (Lipinski definition) is 2. The van der Waals surface area contributed by atoms with Crippen LogP contribution in [0.3, 0.4) is 0 Å².